The quantitative estimate of drug-likeness (QED) is 0.781. The van der Waals surface area contributed by atoms with Gasteiger partial charge in [0.2, 0.25) is 5.91 Å². The number of carbonyl (C=O) groups excluding carboxylic acids is 1. The molecule has 0 fully saturated rings. The van der Waals surface area contributed by atoms with Crippen molar-refractivity contribution in [1.82, 2.24) is 9.55 Å². The summed E-state index contributed by atoms with van der Waals surface area (Å²) >= 11 is 0.975. The van der Waals surface area contributed by atoms with Crippen LogP contribution in [0.2, 0.25) is 0 Å². The van der Waals surface area contributed by atoms with E-state index in [1.165, 1.54) is 12.1 Å². The SMILES string of the molecule is NC(=O)CCn1c(SCC(=O)O)nc2c(F)cccc21. The predicted molar refractivity (Wildman–Crippen MR) is 71.9 cm³/mol. The summed E-state index contributed by atoms with van der Waals surface area (Å²) in [4.78, 5) is 25.6. The number of benzene rings is 1. The first kappa shape index (κ1) is 14.3. The Hall–Kier alpha value is -2.09. The highest BCUT2D eigenvalue weighted by molar-refractivity contribution is 7.99. The maximum atomic E-state index is 13.7. The summed E-state index contributed by atoms with van der Waals surface area (Å²) in [5.74, 6) is -2.17. The van der Waals surface area contributed by atoms with E-state index in [0.29, 0.717) is 10.7 Å². The van der Waals surface area contributed by atoms with E-state index >= 15 is 0 Å². The van der Waals surface area contributed by atoms with Crippen LogP contribution in [0, 0.1) is 5.82 Å². The molecule has 6 nitrogen and oxygen atoms in total. The summed E-state index contributed by atoms with van der Waals surface area (Å²) in [6.07, 6.45) is 0.0720. The lowest BCUT2D eigenvalue weighted by molar-refractivity contribution is -0.134. The van der Waals surface area contributed by atoms with Gasteiger partial charge in [-0.3, -0.25) is 9.59 Å². The lowest BCUT2D eigenvalue weighted by atomic mass is 10.3. The van der Waals surface area contributed by atoms with Gasteiger partial charge in [0.25, 0.3) is 0 Å². The second-order valence-electron chi connectivity index (χ2n) is 4.05. The van der Waals surface area contributed by atoms with Crippen molar-refractivity contribution in [1.29, 1.82) is 0 Å². The highest BCUT2D eigenvalue weighted by atomic mass is 32.2. The third-order valence-corrected chi connectivity index (χ3v) is 3.56. The summed E-state index contributed by atoms with van der Waals surface area (Å²) in [7, 11) is 0. The van der Waals surface area contributed by atoms with Crippen LogP contribution < -0.4 is 5.73 Å². The van der Waals surface area contributed by atoms with Gasteiger partial charge in [0.15, 0.2) is 11.0 Å². The predicted octanol–water partition coefficient (Wildman–Crippen LogP) is 1.23. The highest BCUT2D eigenvalue weighted by Crippen LogP contribution is 2.26. The number of fused-ring (bicyclic) bond motifs is 1. The van der Waals surface area contributed by atoms with Crippen LogP contribution in [0.3, 0.4) is 0 Å². The van der Waals surface area contributed by atoms with Gasteiger partial charge in [-0.25, -0.2) is 9.37 Å². The molecule has 3 N–H and O–H groups in total. The van der Waals surface area contributed by atoms with E-state index in [4.69, 9.17) is 10.8 Å². The number of carboxylic acids is 1. The Kier molecular flexibility index (Phi) is 4.23. The van der Waals surface area contributed by atoms with Crippen molar-refractivity contribution < 1.29 is 19.1 Å². The van der Waals surface area contributed by atoms with Crippen molar-refractivity contribution in [2.75, 3.05) is 5.75 Å². The van der Waals surface area contributed by atoms with E-state index < -0.39 is 17.7 Å². The fourth-order valence-electron chi connectivity index (χ4n) is 1.77. The molecule has 0 aliphatic carbocycles. The standard InChI is InChI=1S/C12H12FN3O3S/c13-7-2-1-3-8-11(7)15-12(20-6-10(18)19)16(8)5-4-9(14)17/h1-3H,4-6H2,(H2,14,17)(H,18,19). The number of imidazole rings is 1. The van der Waals surface area contributed by atoms with Crippen molar-refractivity contribution in [3.05, 3.63) is 24.0 Å². The molecule has 0 saturated carbocycles. The van der Waals surface area contributed by atoms with Gasteiger partial charge in [0, 0.05) is 13.0 Å². The number of halogens is 1. The highest BCUT2D eigenvalue weighted by Gasteiger charge is 2.15. The van der Waals surface area contributed by atoms with Crippen LogP contribution in [0.15, 0.2) is 23.4 Å². The number of hydrogen-bond acceptors (Lipinski definition) is 4. The molecule has 0 aliphatic heterocycles. The monoisotopic (exact) mass is 297 g/mol. The summed E-state index contributed by atoms with van der Waals surface area (Å²) in [5.41, 5.74) is 5.78. The first-order valence-electron chi connectivity index (χ1n) is 5.76. The number of primary amides is 1. The second kappa shape index (κ2) is 5.91. The Bertz CT molecular complexity index is 671. The Morgan fingerprint density at radius 1 is 1.45 bits per heavy atom. The molecule has 0 atom stereocenters. The van der Waals surface area contributed by atoms with Gasteiger partial charge in [0.05, 0.1) is 11.3 Å². The molecule has 0 saturated heterocycles. The van der Waals surface area contributed by atoms with Crippen LogP contribution in [0.1, 0.15) is 6.42 Å². The van der Waals surface area contributed by atoms with E-state index in [1.54, 1.807) is 10.6 Å². The van der Waals surface area contributed by atoms with Gasteiger partial charge in [-0.2, -0.15) is 0 Å². The van der Waals surface area contributed by atoms with Gasteiger partial charge in [0.1, 0.15) is 5.52 Å². The van der Waals surface area contributed by atoms with Crippen LogP contribution in [0.4, 0.5) is 4.39 Å². The van der Waals surface area contributed by atoms with Gasteiger partial charge < -0.3 is 15.4 Å². The van der Waals surface area contributed by atoms with Crippen molar-refractivity contribution in [2.45, 2.75) is 18.1 Å². The number of para-hydroxylation sites is 1. The van der Waals surface area contributed by atoms with Gasteiger partial charge in [-0.1, -0.05) is 17.8 Å². The number of carboxylic acid groups (broad SMARTS) is 1. The molecule has 1 aromatic carbocycles. The smallest absolute Gasteiger partial charge is 0.313 e. The molecule has 0 unspecified atom stereocenters. The summed E-state index contributed by atoms with van der Waals surface area (Å²) in [5, 5.41) is 9.06. The largest absolute Gasteiger partial charge is 0.481 e. The molecule has 1 amide bonds. The maximum absolute atomic E-state index is 13.7. The Morgan fingerprint density at radius 2 is 2.20 bits per heavy atom. The van der Waals surface area contributed by atoms with E-state index in [0.717, 1.165) is 11.8 Å². The molecule has 2 aromatic rings. The Morgan fingerprint density at radius 3 is 2.85 bits per heavy atom. The molecule has 1 heterocycles. The number of aryl methyl sites for hydroxylation is 1. The van der Waals surface area contributed by atoms with E-state index in [-0.39, 0.29) is 24.2 Å². The first-order valence-corrected chi connectivity index (χ1v) is 6.75. The number of carbonyl (C=O) groups is 2. The fraction of sp³-hybridized carbons (Fsp3) is 0.250. The van der Waals surface area contributed by atoms with E-state index in [1.807, 2.05) is 0 Å². The van der Waals surface area contributed by atoms with Crippen molar-refractivity contribution in [3.8, 4) is 0 Å². The number of rotatable bonds is 6. The summed E-state index contributed by atoms with van der Waals surface area (Å²) < 4.78 is 15.3. The third-order valence-electron chi connectivity index (χ3n) is 2.60. The molecule has 106 valence electrons. The van der Waals surface area contributed by atoms with Crippen LogP contribution in [-0.2, 0) is 16.1 Å². The normalized spacial score (nSPS) is 10.8. The van der Waals surface area contributed by atoms with Crippen LogP contribution in [-0.4, -0.2) is 32.3 Å². The molecule has 8 heteroatoms. The molecular weight excluding hydrogens is 285 g/mol. The molecule has 0 aliphatic rings. The molecule has 0 radical (unpaired) electrons. The minimum Gasteiger partial charge on any atom is -0.481 e. The van der Waals surface area contributed by atoms with Crippen LogP contribution >= 0.6 is 11.8 Å². The molecule has 0 spiro atoms. The van der Waals surface area contributed by atoms with Gasteiger partial charge >= 0.3 is 5.97 Å². The number of hydrogen-bond donors (Lipinski definition) is 2. The Balaban J connectivity index is 2.42. The molecular formula is C12H12FN3O3S. The lowest BCUT2D eigenvalue weighted by Crippen LogP contribution is -2.14. The molecule has 20 heavy (non-hydrogen) atoms. The van der Waals surface area contributed by atoms with Crippen molar-refractivity contribution >= 4 is 34.7 Å². The van der Waals surface area contributed by atoms with E-state index in [2.05, 4.69) is 4.98 Å². The van der Waals surface area contributed by atoms with Crippen molar-refractivity contribution in [3.63, 3.8) is 0 Å². The molecule has 1 aromatic heterocycles. The molecule has 0 bridgehead atoms. The number of aliphatic carboxylic acids is 1. The fourth-order valence-corrected chi connectivity index (χ4v) is 2.52. The van der Waals surface area contributed by atoms with Gasteiger partial charge in [-0.05, 0) is 12.1 Å². The number of aromatic nitrogens is 2. The number of nitrogens with two attached hydrogens (primary N) is 1. The van der Waals surface area contributed by atoms with Crippen LogP contribution in [0.25, 0.3) is 11.0 Å². The zero-order chi connectivity index (χ0) is 14.7. The Labute approximate surface area is 117 Å². The maximum Gasteiger partial charge on any atom is 0.313 e. The second-order valence-corrected chi connectivity index (χ2v) is 4.99. The number of nitrogens with zero attached hydrogens (tertiary/aromatic N) is 2. The number of amides is 1. The zero-order valence-electron chi connectivity index (χ0n) is 10.4. The van der Waals surface area contributed by atoms with Gasteiger partial charge in [-0.15, -0.1) is 0 Å². The summed E-state index contributed by atoms with van der Waals surface area (Å²) in [6, 6.07) is 4.47. The average molecular weight is 297 g/mol. The number of thioether (sulfide) groups is 1. The minimum absolute atomic E-state index is 0.0720. The third kappa shape index (κ3) is 3.08. The van der Waals surface area contributed by atoms with Crippen LogP contribution in [0.5, 0.6) is 0 Å². The first-order chi connectivity index (χ1) is 9.49. The molecule has 2 rings (SSSR count). The van der Waals surface area contributed by atoms with Crippen molar-refractivity contribution in [2.24, 2.45) is 5.73 Å². The lowest BCUT2D eigenvalue weighted by Gasteiger charge is -2.06. The summed E-state index contributed by atoms with van der Waals surface area (Å²) in [6.45, 7) is 0.233. The zero-order valence-corrected chi connectivity index (χ0v) is 11.2. The average Bonchev–Trinajstić information content (AvgIpc) is 2.73. The minimum atomic E-state index is -0.996. The topological polar surface area (TPSA) is 98.2 Å². The van der Waals surface area contributed by atoms with E-state index in [9.17, 15) is 14.0 Å².